The molecule has 136 valence electrons. The Bertz CT molecular complexity index is 567. The van der Waals surface area contributed by atoms with Gasteiger partial charge in [-0.2, -0.15) is 0 Å². The lowest BCUT2D eigenvalue weighted by molar-refractivity contribution is -0.143. The van der Waals surface area contributed by atoms with Crippen molar-refractivity contribution >= 4 is 0 Å². The van der Waals surface area contributed by atoms with Crippen LogP contribution in [-0.4, -0.2) is 33.1 Å². The Morgan fingerprint density at radius 1 is 1.04 bits per heavy atom. The van der Waals surface area contributed by atoms with Crippen LogP contribution in [0, 0.1) is 22.7 Å². The Morgan fingerprint density at radius 2 is 1.79 bits per heavy atom. The second kappa shape index (κ2) is 5.31. The van der Waals surface area contributed by atoms with Crippen molar-refractivity contribution in [1.29, 1.82) is 0 Å². The predicted octanol–water partition coefficient (Wildman–Crippen LogP) is 3.57. The van der Waals surface area contributed by atoms with Crippen LogP contribution < -0.4 is 0 Å². The van der Waals surface area contributed by atoms with Crippen molar-refractivity contribution in [2.24, 2.45) is 22.7 Å². The van der Waals surface area contributed by atoms with Crippen molar-refractivity contribution in [2.75, 3.05) is 0 Å². The smallest absolute Gasteiger partial charge is 0.0961 e. The molecular formula is C21H34O3. The molecule has 0 saturated heterocycles. The minimum Gasteiger partial charge on any atom is -0.393 e. The number of aliphatic hydroxyl groups excluding tert-OH is 2. The number of hydrogen-bond acceptors (Lipinski definition) is 3. The maximum absolute atomic E-state index is 11.2. The zero-order valence-corrected chi connectivity index (χ0v) is 15.5. The van der Waals surface area contributed by atoms with Gasteiger partial charge in [-0.3, -0.25) is 0 Å². The average Bonchev–Trinajstić information content (AvgIpc) is 2.81. The highest BCUT2D eigenvalue weighted by atomic mass is 16.3. The average molecular weight is 335 g/mol. The summed E-state index contributed by atoms with van der Waals surface area (Å²) in [7, 11) is 0. The molecule has 4 aliphatic carbocycles. The van der Waals surface area contributed by atoms with E-state index in [1.54, 1.807) is 18.1 Å². The Labute approximate surface area is 146 Å². The Kier molecular flexibility index (Phi) is 3.77. The summed E-state index contributed by atoms with van der Waals surface area (Å²) in [5, 5.41) is 31.6. The summed E-state index contributed by atoms with van der Waals surface area (Å²) >= 11 is 0. The van der Waals surface area contributed by atoms with Crippen molar-refractivity contribution < 1.29 is 15.3 Å². The van der Waals surface area contributed by atoms with Gasteiger partial charge in [0.2, 0.25) is 0 Å². The van der Waals surface area contributed by atoms with Gasteiger partial charge in [-0.15, -0.1) is 0 Å². The van der Waals surface area contributed by atoms with E-state index in [2.05, 4.69) is 13.8 Å². The fourth-order valence-corrected chi connectivity index (χ4v) is 7.18. The van der Waals surface area contributed by atoms with Crippen molar-refractivity contribution in [1.82, 2.24) is 0 Å². The van der Waals surface area contributed by atoms with E-state index in [1.165, 1.54) is 6.42 Å². The molecule has 24 heavy (non-hydrogen) atoms. The number of hydrogen-bond donors (Lipinski definition) is 3. The monoisotopic (exact) mass is 334 g/mol. The molecule has 3 N–H and O–H groups in total. The van der Waals surface area contributed by atoms with Crippen LogP contribution in [0.2, 0.25) is 0 Å². The molecule has 3 heteroatoms. The van der Waals surface area contributed by atoms with E-state index in [-0.39, 0.29) is 16.9 Å². The van der Waals surface area contributed by atoms with Crippen LogP contribution in [0.5, 0.6) is 0 Å². The van der Waals surface area contributed by atoms with E-state index in [4.69, 9.17) is 0 Å². The second-order valence-electron chi connectivity index (χ2n) is 9.69. The minimum atomic E-state index is -0.934. The third kappa shape index (κ3) is 2.01. The normalized spacial score (nSPS) is 52.5. The zero-order chi connectivity index (χ0) is 17.3. The molecule has 4 rings (SSSR count). The maximum atomic E-state index is 11.2. The van der Waals surface area contributed by atoms with Gasteiger partial charge in [0.05, 0.1) is 17.8 Å². The second-order valence-corrected chi connectivity index (χ2v) is 9.69. The third-order valence-corrected chi connectivity index (χ3v) is 8.87. The van der Waals surface area contributed by atoms with Crippen LogP contribution in [0.3, 0.4) is 0 Å². The summed E-state index contributed by atoms with van der Waals surface area (Å²) in [6, 6.07) is 0. The maximum Gasteiger partial charge on any atom is 0.0961 e. The molecule has 0 radical (unpaired) electrons. The summed E-state index contributed by atoms with van der Waals surface area (Å²) in [4.78, 5) is 0. The fourth-order valence-electron chi connectivity index (χ4n) is 7.18. The molecule has 0 unspecified atom stereocenters. The summed E-state index contributed by atoms with van der Waals surface area (Å²) < 4.78 is 0. The lowest BCUT2D eigenvalue weighted by Crippen LogP contribution is -2.55. The highest BCUT2D eigenvalue weighted by Crippen LogP contribution is 2.66. The highest BCUT2D eigenvalue weighted by Gasteiger charge is 2.62. The van der Waals surface area contributed by atoms with Crippen molar-refractivity contribution in [3.8, 4) is 0 Å². The fraction of sp³-hybridized carbons (Fsp3) is 0.905. The molecule has 0 aliphatic heterocycles. The first-order chi connectivity index (χ1) is 11.2. The molecule has 2 saturated carbocycles. The first-order valence-electron chi connectivity index (χ1n) is 10.0. The van der Waals surface area contributed by atoms with Crippen LogP contribution in [0.1, 0.15) is 78.6 Å². The number of rotatable bonds is 1. The van der Waals surface area contributed by atoms with E-state index in [1.807, 2.05) is 0 Å². The highest BCUT2D eigenvalue weighted by molar-refractivity contribution is 5.36. The van der Waals surface area contributed by atoms with Gasteiger partial charge in [0.25, 0.3) is 0 Å². The molecule has 0 bridgehead atoms. The molecule has 3 nitrogen and oxygen atoms in total. The lowest BCUT2D eigenvalue weighted by atomic mass is 9.50. The van der Waals surface area contributed by atoms with E-state index in [0.717, 1.165) is 51.4 Å². The molecule has 0 spiro atoms. The van der Waals surface area contributed by atoms with Gasteiger partial charge in [0, 0.05) is 5.41 Å². The van der Waals surface area contributed by atoms with Gasteiger partial charge >= 0.3 is 0 Å². The molecule has 2 fully saturated rings. The van der Waals surface area contributed by atoms with Crippen molar-refractivity contribution in [3.05, 3.63) is 11.1 Å². The Hall–Kier alpha value is -0.380. The van der Waals surface area contributed by atoms with E-state index in [0.29, 0.717) is 11.8 Å². The van der Waals surface area contributed by atoms with E-state index >= 15 is 0 Å². The Morgan fingerprint density at radius 3 is 2.50 bits per heavy atom. The van der Waals surface area contributed by atoms with Crippen LogP contribution in [0.25, 0.3) is 0 Å². The first kappa shape index (κ1) is 17.1. The van der Waals surface area contributed by atoms with E-state index < -0.39 is 11.7 Å². The van der Waals surface area contributed by atoms with Crippen molar-refractivity contribution in [2.45, 2.75) is 96.4 Å². The van der Waals surface area contributed by atoms with Crippen LogP contribution in [-0.2, 0) is 0 Å². The van der Waals surface area contributed by atoms with Gasteiger partial charge in [-0.1, -0.05) is 25.0 Å². The quantitative estimate of drug-likeness (QED) is 0.643. The van der Waals surface area contributed by atoms with E-state index in [9.17, 15) is 15.3 Å². The topological polar surface area (TPSA) is 60.7 Å². The molecule has 0 aromatic rings. The molecule has 0 heterocycles. The number of fused-ring (bicyclic) bond motifs is 4. The third-order valence-electron chi connectivity index (χ3n) is 8.87. The number of allylic oxidation sites excluding steroid dienone is 2. The standard InChI is InChI=1S/C21H34O3/c1-13(22)21(24)11-8-18-16-5-4-14-12-15(23)6-9-19(14,2)17(16)7-10-20(18,21)3/h13-15,18,22-24H,4-12H2,1-3H3/t13-,14+,15+,18-,19-,20-,21-/m0/s1. The molecule has 7 atom stereocenters. The SMILES string of the molecule is C[C@H](O)[C@@]1(O)CC[C@H]2C3=C(CC[C@@]21C)[C@@]1(C)CC[C@@H](O)C[C@H]1CC3. The lowest BCUT2D eigenvalue weighted by Gasteiger charge is -2.56. The summed E-state index contributed by atoms with van der Waals surface area (Å²) in [6.45, 7) is 6.43. The van der Waals surface area contributed by atoms with Gasteiger partial charge in [0.1, 0.15) is 0 Å². The first-order valence-corrected chi connectivity index (χ1v) is 10.0. The minimum absolute atomic E-state index is 0.106. The van der Waals surface area contributed by atoms with Crippen LogP contribution >= 0.6 is 0 Å². The molecule has 0 amide bonds. The van der Waals surface area contributed by atoms with Gasteiger partial charge in [-0.05, 0) is 82.0 Å². The summed E-state index contributed by atoms with van der Waals surface area (Å²) in [5.74, 6) is 1.06. The molecule has 4 aliphatic rings. The zero-order valence-electron chi connectivity index (χ0n) is 15.5. The summed E-state index contributed by atoms with van der Waals surface area (Å²) in [6.07, 6.45) is 8.37. The van der Waals surface area contributed by atoms with Gasteiger partial charge in [0.15, 0.2) is 0 Å². The summed E-state index contributed by atoms with van der Waals surface area (Å²) in [5.41, 5.74) is 2.44. The number of aliphatic hydroxyl groups is 3. The van der Waals surface area contributed by atoms with Gasteiger partial charge < -0.3 is 15.3 Å². The molecule has 0 aromatic heterocycles. The largest absolute Gasteiger partial charge is 0.393 e. The Balaban J connectivity index is 1.73. The van der Waals surface area contributed by atoms with Gasteiger partial charge in [-0.25, -0.2) is 0 Å². The van der Waals surface area contributed by atoms with Crippen LogP contribution in [0.15, 0.2) is 11.1 Å². The van der Waals surface area contributed by atoms with Crippen LogP contribution in [0.4, 0.5) is 0 Å². The molecular weight excluding hydrogens is 300 g/mol. The van der Waals surface area contributed by atoms with Crippen molar-refractivity contribution in [3.63, 3.8) is 0 Å². The predicted molar refractivity (Wildman–Crippen MR) is 94.4 cm³/mol. The molecule has 0 aromatic carbocycles.